The van der Waals surface area contributed by atoms with E-state index < -0.39 is 42.0 Å². The van der Waals surface area contributed by atoms with Crippen LogP contribution >= 0.6 is 0 Å². The highest BCUT2D eigenvalue weighted by molar-refractivity contribution is 7.85. The van der Waals surface area contributed by atoms with Crippen LogP contribution < -0.4 is 5.32 Å². The molecule has 34 heavy (non-hydrogen) atoms. The van der Waals surface area contributed by atoms with E-state index in [9.17, 15) is 38.8 Å². The Morgan fingerprint density at radius 1 is 0.706 bits per heavy atom. The Kier molecular flexibility index (Phi) is 6.55. The molecule has 0 saturated carbocycles. The van der Waals surface area contributed by atoms with Gasteiger partial charge in [0.25, 0.3) is 27.2 Å². The summed E-state index contributed by atoms with van der Waals surface area (Å²) in [4.78, 5) is 30.9. The minimum atomic E-state index is -4.38. The number of nitrogens with one attached hydrogen (secondary N) is 1. The second-order valence-electron chi connectivity index (χ2n) is 6.47. The predicted molar refractivity (Wildman–Crippen MR) is 117 cm³/mol. The van der Waals surface area contributed by atoms with E-state index in [-0.39, 0.29) is 27.6 Å². The van der Waals surface area contributed by atoms with Crippen LogP contribution in [0.2, 0.25) is 0 Å². The molecule has 16 heteroatoms. The zero-order valence-corrected chi connectivity index (χ0v) is 17.4. The number of nitrogens with zero attached hydrogens (tertiary/aromatic N) is 5. The van der Waals surface area contributed by atoms with Gasteiger partial charge in [0.1, 0.15) is 11.4 Å². The first-order valence-electron chi connectivity index (χ1n) is 8.93. The molecule has 0 aliphatic carbocycles. The van der Waals surface area contributed by atoms with E-state index in [2.05, 4.69) is 15.5 Å². The summed E-state index contributed by atoms with van der Waals surface area (Å²) in [5, 5.41) is 43.9. The van der Waals surface area contributed by atoms with Gasteiger partial charge in [0, 0.05) is 12.1 Å². The molecule has 0 heterocycles. The lowest BCUT2D eigenvalue weighted by Gasteiger charge is -2.08. The highest BCUT2D eigenvalue weighted by Crippen LogP contribution is 2.36. The van der Waals surface area contributed by atoms with E-state index in [4.69, 9.17) is 4.55 Å². The smallest absolute Gasteiger partial charge is 0.299 e. The summed E-state index contributed by atoms with van der Waals surface area (Å²) < 4.78 is 31.1. The van der Waals surface area contributed by atoms with E-state index in [0.29, 0.717) is 0 Å². The molecule has 0 aliphatic rings. The lowest BCUT2D eigenvalue weighted by Crippen LogP contribution is -2.01. The highest BCUT2D eigenvalue weighted by Gasteiger charge is 2.22. The van der Waals surface area contributed by atoms with Gasteiger partial charge in [-0.2, -0.15) is 18.6 Å². The zero-order chi connectivity index (χ0) is 25.0. The van der Waals surface area contributed by atoms with Crippen LogP contribution in [0.25, 0.3) is 0 Å². The van der Waals surface area contributed by atoms with Crippen molar-refractivity contribution in [3.63, 3.8) is 0 Å². The molecule has 0 saturated heterocycles. The Morgan fingerprint density at radius 3 is 1.74 bits per heavy atom. The van der Waals surface area contributed by atoms with E-state index in [0.717, 1.165) is 36.4 Å². The second kappa shape index (κ2) is 9.35. The summed E-state index contributed by atoms with van der Waals surface area (Å²) in [5.41, 5.74) is -1.79. The quantitative estimate of drug-likeness (QED) is 0.190. The number of nitro benzene ring substituents is 3. The highest BCUT2D eigenvalue weighted by atomic mass is 32.2. The SMILES string of the molecule is O=[N+]([O-])c1ccc(Nc2ccc(N=Nc3ccc(S(=O)(=O)O)cc3)cc2[N+](=O)[O-])c([N+](=O)[O-])c1. The lowest BCUT2D eigenvalue weighted by atomic mass is 10.2. The monoisotopic (exact) mass is 488 g/mol. The van der Waals surface area contributed by atoms with Gasteiger partial charge >= 0.3 is 0 Å². The van der Waals surface area contributed by atoms with Crippen LogP contribution in [0.15, 0.2) is 75.8 Å². The van der Waals surface area contributed by atoms with Gasteiger partial charge < -0.3 is 5.32 Å². The molecular formula is C18H12N6O9S. The second-order valence-corrected chi connectivity index (χ2v) is 7.89. The topological polar surface area (TPSA) is 221 Å². The number of non-ortho nitro benzene ring substituents is 1. The van der Waals surface area contributed by atoms with Crippen LogP contribution in [0.4, 0.5) is 39.8 Å². The molecule has 0 radical (unpaired) electrons. The first kappa shape index (κ1) is 23.8. The maximum absolute atomic E-state index is 11.5. The Balaban J connectivity index is 1.91. The summed E-state index contributed by atoms with van der Waals surface area (Å²) in [6.45, 7) is 0. The summed E-state index contributed by atoms with van der Waals surface area (Å²) in [6, 6.07) is 11.1. The van der Waals surface area contributed by atoms with Crippen LogP contribution in [0, 0.1) is 30.3 Å². The largest absolute Gasteiger partial charge is 0.344 e. The number of hydrogen-bond donors (Lipinski definition) is 2. The van der Waals surface area contributed by atoms with Crippen LogP contribution in [0.1, 0.15) is 0 Å². The van der Waals surface area contributed by atoms with Gasteiger partial charge in [-0.15, -0.1) is 0 Å². The number of anilines is 2. The van der Waals surface area contributed by atoms with Crippen molar-refractivity contribution in [2.45, 2.75) is 4.90 Å². The Hall–Kier alpha value is -4.83. The van der Waals surface area contributed by atoms with Crippen molar-refractivity contribution in [3.8, 4) is 0 Å². The Morgan fingerprint density at radius 2 is 1.21 bits per heavy atom. The zero-order valence-electron chi connectivity index (χ0n) is 16.6. The van der Waals surface area contributed by atoms with Crippen LogP contribution in [0.5, 0.6) is 0 Å². The fourth-order valence-corrected chi connectivity index (χ4v) is 3.15. The number of rotatable bonds is 8. The molecule has 0 bridgehead atoms. The number of benzene rings is 3. The predicted octanol–water partition coefficient (Wildman–Crippen LogP) is 4.82. The van der Waals surface area contributed by atoms with Crippen molar-refractivity contribution in [1.82, 2.24) is 0 Å². The van der Waals surface area contributed by atoms with Crippen LogP contribution in [-0.2, 0) is 10.1 Å². The van der Waals surface area contributed by atoms with Crippen molar-refractivity contribution < 1.29 is 27.7 Å². The van der Waals surface area contributed by atoms with E-state index in [1.54, 1.807) is 0 Å². The fraction of sp³-hybridized carbons (Fsp3) is 0. The minimum Gasteiger partial charge on any atom is -0.344 e. The van der Waals surface area contributed by atoms with Crippen molar-refractivity contribution in [2.75, 3.05) is 5.32 Å². The standard InChI is InChI=1S/C18H12N6O9S/c25-22(26)13-4-8-16(18(10-13)24(29)30)19-15-7-3-12(9-17(15)23(27)28)21-20-11-1-5-14(6-2-11)34(31,32)33/h1-10,19H,(H,31,32,33). The molecule has 174 valence electrons. The molecule has 0 fully saturated rings. The van der Waals surface area contributed by atoms with Crippen molar-refractivity contribution in [2.24, 2.45) is 10.2 Å². The molecule has 3 aromatic carbocycles. The van der Waals surface area contributed by atoms with Crippen LogP contribution in [0.3, 0.4) is 0 Å². The molecule has 15 nitrogen and oxygen atoms in total. The lowest BCUT2D eigenvalue weighted by molar-refractivity contribution is -0.393. The molecule has 3 rings (SSSR count). The summed E-state index contributed by atoms with van der Waals surface area (Å²) in [5.74, 6) is 0. The van der Waals surface area contributed by atoms with E-state index in [1.807, 2.05) is 0 Å². The Labute approximate surface area is 189 Å². The Bertz CT molecular complexity index is 1440. The van der Waals surface area contributed by atoms with Crippen molar-refractivity contribution in [1.29, 1.82) is 0 Å². The third-order valence-corrected chi connectivity index (χ3v) is 5.12. The number of hydrogen-bond acceptors (Lipinski definition) is 11. The molecular weight excluding hydrogens is 476 g/mol. The minimum absolute atomic E-state index is 0.0364. The van der Waals surface area contributed by atoms with E-state index in [1.165, 1.54) is 24.3 Å². The van der Waals surface area contributed by atoms with Gasteiger partial charge in [-0.1, -0.05) is 0 Å². The number of nitro groups is 3. The average Bonchev–Trinajstić information content (AvgIpc) is 2.77. The maximum Gasteiger partial charge on any atom is 0.299 e. The molecule has 0 amide bonds. The van der Waals surface area contributed by atoms with Gasteiger partial charge in [-0.25, -0.2) is 0 Å². The van der Waals surface area contributed by atoms with Gasteiger partial charge in [-0.3, -0.25) is 34.9 Å². The summed E-state index contributed by atoms with van der Waals surface area (Å²) in [6.07, 6.45) is 0. The van der Waals surface area contributed by atoms with Gasteiger partial charge in [0.05, 0.1) is 37.1 Å². The van der Waals surface area contributed by atoms with Crippen LogP contribution in [-0.4, -0.2) is 27.7 Å². The fourth-order valence-electron chi connectivity index (χ4n) is 2.67. The van der Waals surface area contributed by atoms with Gasteiger partial charge in [0.2, 0.25) is 0 Å². The maximum atomic E-state index is 11.5. The normalized spacial score (nSPS) is 11.3. The summed E-state index contributed by atoms with van der Waals surface area (Å²) >= 11 is 0. The van der Waals surface area contributed by atoms with Gasteiger partial charge in [-0.05, 0) is 42.5 Å². The first-order valence-corrected chi connectivity index (χ1v) is 10.4. The number of azo groups is 1. The molecule has 0 aliphatic heterocycles. The van der Waals surface area contributed by atoms with Gasteiger partial charge in [0.15, 0.2) is 0 Å². The molecule has 0 aromatic heterocycles. The molecule has 0 spiro atoms. The van der Waals surface area contributed by atoms with E-state index >= 15 is 0 Å². The molecule has 0 atom stereocenters. The third kappa shape index (κ3) is 5.50. The van der Waals surface area contributed by atoms with Crippen molar-refractivity contribution in [3.05, 3.63) is 91.0 Å². The molecule has 3 aromatic rings. The molecule has 0 unspecified atom stereocenters. The molecule has 2 N–H and O–H groups in total. The average molecular weight is 488 g/mol. The third-order valence-electron chi connectivity index (χ3n) is 4.25. The van der Waals surface area contributed by atoms with Crippen molar-refractivity contribution >= 4 is 49.9 Å². The summed E-state index contributed by atoms with van der Waals surface area (Å²) in [7, 11) is -4.38. The first-order chi connectivity index (χ1) is 16.0.